The fraction of sp³-hybridized carbons (Fsp3) is 0.500. The van der Waals surface area contributed by atoms with Crippen molar-refractivity contribution in [3.63, 3.8) is 0 Å². The monoisotopic (exact) mass is 266 g/mol. The number of carbonyl (C=O) groups is 1. The van der Waals surface area contributed by atoms with Crippen LogP contribution in [0.3, 0.4) is 0 Å². The number of rotatable bonds is 2. The van der Waals surface area contributed by atoms with Crippen molar-refractivity contribution < 1.29 is 4.79 Å². The SMILES string of the molecule is CC[C@@H]1CCCCN1C(=O)Nc1ccc(Cl)cc1. The van der Waals surface area contributed by atoms with E-state index >= 15 is 0 Å². The van der Waals surface area contributed by atoms with Crippen molar-refractivity contribution in [2.45, 2.75) is 38.6 Å². The lowest BCUT2D eigenvalue weighted by molar-refractivity contribution is 0.160. The number of benzene rings is 1. The summed E-state index contributed by atoms with van der Waals surface area (Å²) in [5.41, 5.74) is 0.796. The minimum Gasteiger partial charge on any atom is -0.322 e. The van der Waals surface area contributed by atoms with Crippen LogP contribution in [0.5, 0.6) is 0 Å². The summed E-state index contributed by atoms with van der Waals surface area (Å²) < 4.78 is 0. The highest BCUT2D eigenvalue weighted by molar-refractivity contribution is 6.30. The molecule has 1 N–H and O–H groups in total. The highest BCUT2D eigenvalue weighted by Crippen LogP contribution is 2.21. The van der Waals surface area contributed by atoms with Gasteiger partial charge in [-0.3, -0.25) is 0 Å². The number of piperidine rings is 1. The van der Waals surface area contributed by atoms with Crippen LogP contribution < -0.4 is 5.32 Å². The van der Waals surface area contributed by atoms with Gasteiger partial charge in [0.25, 0.3) is 0 Å². The molecular formula is C14H19ClN2O. The Bertz CT molecular complexity index is 405. The second-order valence-corrected chi connectivity index (χ2v) is 5.12. The molecule has 0 aliphatic carbocycles. The molecule has 1 fully saturated rings. The molecule has 1 atom stereocenters. The number of hydrogen-bond donors (Lipinski definition) is 1. The molecule has 3 nitrogen and oxygen atoms in total. The summed E-state index contributed by atoms with van der Waals surface area (Å²) in [6, 6.07) is 7.60. The van der Waals surface area contributed by atoms with Crippen LogP contribution in [-0.4, -0.2) is 23.5 Å². The predicted molar refractivity (Wildman–Crippen MR) is 75.1 cm³/mol. The quantitative estimate of drug-likeness (QED) is 0.857. The molecule has 0 saturated carbocycles. The van der Waals surface area contributed by atoms with Gasteiger partial charge in [-0.25, -0.2) is 4.79 Å². The zero-order valence-corrected chi connectivity index (χ0v) is 11.4. The molecule has 0 bridgehead atoms. The number of nitrogens with one attached hydrogen (secondary N) is 1. The molecule has 2 amide bonds. The lowest BCUT2D eigenvalue weighted by Crippen LogP contribution is -2.45. The number of urea groups is 1. The molecule has 1 aromatic carbocycles. The van der Waals surface area contributed by atoms with Gasteiger partial charge in [0.2, 0.25) is 0 Å². The molecule has 0 radical (unpaired) electrons. The second-order valence-electron chi connectivity index (χ2n) is 4.69. The van der Waals surface area contributed by atoms with Crippen molar-refractivity contribution in [2.75, 3.05) is 11.9 Å². The van der Waals surface area contributed by atoms with Gasteiger partial charge in [-0.2, -0.15) is 0 Å². The summed E-state index contributed by atoms with van der Waals surface area (Å²) in [6.07, 6.45) is 4.46. The molecular weight excluding hydrogens is 248 g/mol. The average Bonchev–Trinajstić information content (AvgIpc) is 2.41. The number of nitrogens with zero attached hydrogens (tertiary/aromatic N) is 1. The topological polar surface area (TPSA) is 32.3 Å². The fourth-order valence-corrected chi connectivity index (χ4v) is 2.55. The molecule has 1 aromatic rings. The van der Waals surface area contributed by atoms with Crippen LogP contribution in [0.1, 0.15) is 32.6 Å². The number of amides is 2. The number of likely N-dealkylation sites (tertiary alicyclic amines) is 1. The highest BCUT2D eigenvalue weighted by atomic mass is 35.5. The molecule has 18 heavy (non-hydrogen) atoms. The van der Waals surface area contributed by atoms with Gasteiger partial charge in [-0.1, -0.05) is 18.5 Å². The van der Waals surface area contributed by atoms with Crippen molar-refractivity contribution >= 4 is 23.3 Å². The molecule has 0 spiro atoms. The Morgan fingerprint density at radius 3 is 2.78 bits per heavy atom. The maximum Gasteiger partial charge on any atom is 0.322 e. The average molecular weight is 267 g/mol. The van der Waals surface area contributed by atoms with E-state index in [4.69, 9.17) is 11.6 Å². The molecule has 98 valence electrons. The lowest BCUT2D eigenvalue weighted by Gasteiger charge is -2.35. The van der Waals surface area contributed by atoms with E-state index in [1.807, 2.05) is 17.0 Å². The Balaban J connectivity index is 2.00. The molecule has 2 rings (SSSR count). The molecule has 1 heterocycles. The normalized spacial score (nSPS) is 19.7. The Labute approximate surface area is 113 Å². The van der Waals surface area contributed by atoms with E-state index in [9.17, 15) is 4.79 Å². The molecule has 1 saturated heterocycles. The third-order valence-corrected chi connectivity index (χ3v) is 3.71. The largest absolute Gasteiger partial charge is 0.322 e. The van der Waals surface area contributed by atoms with Crippen LogP contribution >= 0.6 is 11.6 Å². The molecule has 4 heteroatoms. The summed E-state index contributed by atoms with van der Waals surface area (Å²) in [6.45, 7) is 3.00. The van der Waals surface area contributed by atoms with Crippen molar-refractivity contribution in [2.24, 2.45) is 0 Å². The van der Waals surface area contributed by atoms with Crippen molar-refractivity contribution in [3.8, 4) is 0 Å². The van der Waals surface area contributed by atoms with Gasteiger partial charge in [0, 0.05) is 23.3 Å². The second kappa shape index (κ2) is 6.10. The maximum absolute atomic E-state index is 12.2. The fourth-order valence-electron chi connectivity index (χ4n) is 2.42. The van der Waals surface area contributed by atoms with Gasteiger partial charge in [0.05, 0.1) is 0 Å². The third-order valence-electron chi connectivity index (χ3n) is 3.45. The van der Waals surface area contributed by atoms with Gasteiger partial charge in [0.1, 0.15) is 0 Å². The molecule has 0 unspecified atom stereocenters. The zero-order valence-electron chi connectivity index (χ0n) is 10.7. The van der Waals surface area contributed by atoms with Crippen LogP contribution in [-0.2, 0) is 0 Å². The molecule has 1 aliphatic rings. The minimum absolute atomic E-state index is 0.00359. The number of carbonyl (C=O) groups excluding carboxylic acids is 1. The van der Waals surface area contributed by atoms with Gasteiger partial charge < -0.3 is 10.2 Å². The first kappa shape index (κ1) is 13.2. The summed E-state index contributed by atoms with van der Waals surface area (Å²) in [5, 5.41) is 3.61. The van der Waals surface area contributed by atoms with Crippen LogP contribution in [0.15, 0.2) is 24.3 Å². The highest BCUT2D eigenvalue weighted by Gasteiger charge is 2.25. The smallest absolute Gasteiger partial charge is 0.322 e. The lowest BCUT2D eigenvalue weighted by atomic mass is 10.0. The van der Waals surface area contributed by atoms with Crippen LogP contribution in [0.4, 0.5) is 10.5 Å². The summed E-state index contributed by atoms with van der Waals surface area (Å²) in [4.78, 5) is 14.2. The minimum atomic E-state index is 0.00359. The van der Waals surface area contributed by atoms with E-state index in [0.717, 1.165) is 31.5 Å². The van der Waals surface area contributed by atoms with Crippen molar-refractivity contribution in [3.05, 3.63) is 29.3 Å². The van der Waals surface area contributed by atoms with Crippen molar-refractivity contribution in [1.82, 2.24) is 4.90 Å². The molecule has 1 aliphatic heterocycles. The number of halogens is 1. The third kappa shape index (κ3) is 3.16. The van der Waals surface area contributed by atoms with E-state index in [1.165, 1.54) is 6.42 Å². The Morgan fingerprint density at radius 2 is 2.11 bits per heavy atom. The Kier molecular flexibility index (Phi) is 4.48. The van der Waals surface area contributed by atoms with Gasteiger partial charge in [-0.05, 0) is 49.9 Å². The first-order valence-electron chi connectivity index (χ1n) is 6.54. The summed E-state index contributed by atoms with van der Waals surface area (Å²) in [7, 11) is 0. The first-order chi connectivity index (χ1) is 8.70. The van der Waals surface area contributed by atoms with E-state index in [-0.39, 0.29) is 6.03 Å². The summed E-state index contributed by atoms with van der Waals surface area (Å²) >= 11 is 5.82. The van der Waals surface area contributed by atoms with Crippen LogP contribution in [0, 0.1) is 0 Å². The first-order valence-corrected chi connectivity index (χ1v) is 6.91. The Morgan fingerprint density at radius 1 is 1.39 bits per heavy atom. The zero-order chi connectivity index (χ0) is 13.0. The van der Waals surface area contributed by atoms with E-state index < -0.39 is 0 Å². The van der Waals surface area contributed by atoms with Gasteiger partial charge in [0.15, 0.2) is 0 Å². The van der Waals surface area contributed by atoms with Gasteiger partial charge >= 0.3 is 6.03 Å². The van der Waals surface area contributed by atoms with E-state index in [1.54, 1.807) is 12.1 Å². The van der Waals surface area contributed by atoms with Crippen LogP contribution in [0.25, 0.3) is 0 Å². The predicted octanol–water partition coefficient (Wildman–Crippen LogP) is 4.14. The van der Waals surface area contributed by atoms with E-state index in [2.05, 4.69) is 12.2 Å². The number of hydrogen-bond acceptors (Lipinski definition) is 1. The van der Waals surface area contributed by atoms with Gasteiger partial charge in [-0.15, -0.1) is 0 Å². The Hall–Kier alpha value is -1.22. The van der Waals surface area contributed by atoms with Crippen molar-refractivity contribution in [1.29, 1.82) is 0 Å². The summed E-state index contributed by atoms with van der Waals surface area (Å²) in [5.74, 6) is 0. The molecule has 0 aromatic heterocycles. The van der Waals surface area contributed by atoms with E-state index in [0.29, 0.717) is 11.1 Å². The van der Waals surface area contributed by atoms with Crippen LogP contribution in [0.2, 0.25) is 5.02 Å². The maximum atomic E-state index is 12.2. The number of anilines is 1. The standard InChI is InChI=1S/C14H19ClN2O/c1-2-13-5-3-4-10-17(13)14(18)16-12-8-6-11(15)7-9-12/h6-9,13H,2-5,10H2,1H3,(H,16,18)/t13-/m1/s1.